The van der Waals surface area contributed by atoms with Gasteiger partial charge in [-0.2, -0.15) is 4.31 Å². The summed E-state index contributed by atoms with van der Waals surface area (Å²) in [6.07, 6.45) is 1.46. The number of amides is 1. The van der Waals surface area contributed by atoms with Gasteiger partial charge in [0.15, 0.2) is 0 Å². The number of nitrogens with zero attached hydrogens (tertiary/aromatic N) is 1. The van der Waals surface area contributed by atoms with Crippen LogP contribution in [-0.2, 0) is 14.8 Å². The lowest BCUT2D eigenvalue weighted by molar-refractivity contribution is -0.121. The minimum Gasteiger partial charge on any atom is -0.497 e. The highest BCUT2D eigenvalue weighted by atomic mass is 32.2. The molecule has 1 amide bonds. The molecule has 0 aliphatic carbocycles. The lowest BCUT2D eigenvalue weighted by Gasteiger charge is -2.22. The lowest BCUT2D eigenvalue weighted by atomic mass is 10.0. The first-order valence-corrected chi connectivity index (χ1v) is 10.7. The van der Waals surface area contributed by atoms with E-state index in [1.54, 1.807) is 12.1 Å². The Morgan fingerprint density at radius 3 is 2.38 bits per heavy atom. The van der Waals surface area contributed by atoms with Crippen LogP contribution in [0.25, 0.3) is 0 Å². The van der Waals surface area contributed by atoms with Crippen LogP contribution < -0.4 is 10.1 Å². The fourth-order valence-electron chi connectivity index (χ4n) is 2.85. The molecule has 0 aromatic heterocycles. The molecule has 2 rings (SSSR count). The number of carbonyl (C=O) groups is 1. The largest absolute Gasteiger partial charge is 0.497 e. The van der Waals surface area contributed by atoms with Crippen molar-refractivity contribution in [2.75, 3.05) is 20.2 Å². The van der Waals surface area contributed by atoms with Crippen molar-refractivity contribution in [2.24, 2.45) is 0 Å². The van der Waals surface area contributed by atoms with Gasteiger partial charge in [0.25, 0.3) is 0 Å². The molecule has 0 spiro atoms. The van der Waals surface area contributed by atoms with Crippen molar-refractivity contribution in [3.05, 3.63) is 71.8 Å². The van der Waals surface area contributed by atoms with Crippen LogP contribution in [0.1, 0.15) is 29.7 Å². The molecule has 0 heterocycles. The molecule has 0 saturated carbocycles. The van der Waals surface area contributed by atoms with Gasteiger partial charge in [0.05, 0.1) is 24.6 Å². The highest BCUT2D eigenvalue weighted by Gasteiger charge is 2.26. The van der Waals surface area contributed by atoms with E-state index >= 15 is 0 Å². The average Bonchev–Trinajstić information content (AvgIpc) is 2.69. The summed E-state index contributed by atoms with van der Waals surface area (Å²) in [5.41, 5.74) is 3.28. The van der Waals surface area contributed by atoms with Crippen LogP contribution in [0.3, 0.4) is 0 Å². The molecule has 0 bridgehead atoms. The normalized spacial score (nSPS) is 12.4. The third-order valence-electron chi connectivity index (χ3n) is 4.76. The summed E-state index contributed by atoms with van der Waals surface area (Å²) in [6.45, 7) is 9.26. The van der Waals surface area contributed by atoms with Crippen LogP contribution in [0.4, 0.5) is 0 Å². The SMILES string of the molecule is C=CCN(CC(=O)NC(C)c1ccc(C)c(C)c1)S(=O)(=O)c1ccc(OC)cc1. The van der Waals surface area contributed by atoms with Crippen molar-refractivity contribution in [1.29, 1.82) is 0 Å². The number of hydrogen-bond donors (Lipinski definition) is 1. The maximum absolute atomic E-state index is 13.0. The summed E-state index contributed by atoms with van der Waals surface area (Å²) in [7, 11) is -2.34. The molecule has 0 saturated heterocycles. The molecule has 2 aromatic carbocycles. The number of sulfonamides is 1. The zero-order valence-corrected chi connectivity index (χ0v) is 18.1. The van der Waals surface area contributed by atoms with Crippen molar-refractivity contribution in [3.8, 4) is 5.75 Å². The van der Waals surface area contributed by atoms with Crippen molar-refractivity contribution in [1.82, 2.24) is 9.62 Å². The standard InChI is InChI=1S/C22H28N2O4S/c1-6-13-24(29(26,27)21-11-9-20(28-5)10-12-21)15-22(25)23-18(4)19-8-7-16(2)17(3)14-19/h6-12,14,18H,1,13,15H2,2-5H3,(H,23,25). The summed E-state index contributed by atoms with van der Waals surface area (Å²) in [6, 6.07) is 11.8. The predicted octanol–water partition coefficient (Wildman–Crippen LogP) is 3.37. The second kappa shape index (κ2) is 9.71. The summed E-state index contributed by atoms with van der Waals surface area (Å²) in [5.74, 6) is 0.175. The van der Waals surface area contributed by atoms with Crippen LogP contribution in [0.15, 0.2) is 60.0 Å². The molecule has 6 nitrogen and oxygen atoms in total. The number of ether oxygens (including phenoxy) is 1. The number of hydrogen-bond acceptors (Lipinski definition) is 4. The minimum atomic E-state index is -3.85. The van der Waals surface area contributed by atoms with Crippen LogP contribution >= 0.6 is 0 Å². The van der Waals surface area contributed by atoms with E-state index in [4.69, 9.17) is 4.74 Å². The van der Waals surface area contributed by atoms with Gasteiger partial charge in [0, 0.05) is 6.54 Å². The molecule has 0 radical (unpaired) electrons. The Kier molecular flexibility index (Phi) is 7.59. The van der Waals surface area contributed by atoms with E-state index in [1.165, 1.54) is 30.9 Å². The number of carbonyl (C=O) groups excluding carboxylic acids is 1. The van der Waals surface area contributed by atoms with Gasteiger partial charge in [-0.1, -0.05) is 24.3 Å². The van der Waals surface area contributed by atoms with E-state index in [2.05, 4.69) is 11.9 Å². The van der Waals surface area contributed by atoms with Crippen LogP contribution in [0.5, 0.6) is 5.75 Å². The first-order chi connectivity index (χ1) is 13.7. The van der Waals surface area contributed by atoms with Gasteiger partial charge in [-0.15, -0.1) is 6.58 Å². The van der Waals surface area contributed by atoms with Crippen LogP contribution in [0.2, 0.25) is 0 Å². The van der Waals surface area contributed by atoms with E-state index in [0.29, 0.717) is 5.75 Å². The van der Waals surface area contributed by atoms with Crippen molar-refractivity contribution < 1.29 is 17.9 Å². The number of benzene rings is 2. The van der Waals surface area contributed by atoms with E-state index in [9.17, 15) is 13.2 Å². The van der Waals surface area contributed by atoms with Crippen molar-refractivity contribution >= 4 is 15.9 Å². The molecule has 1 N–H and O–H groups in total. The van der Waals surface area contributed by atoms with Crippen LogP contribution in [0, 0.1) is 13.8 Å². The molecule has 29 heavy (non-hydrogen) atoms. The molecule has 1 atom stereocenters. The maximum Gasteiger partial charge on any atom is 0.243 e. The molecule has 0 fully saturated rings. The Balaban J connectivity index is 2.14. The molecule has 1 unspecified atom stereocenters. The average molecular weight is 417 g/mol. The topological polar surface area (TPSA) is 75.7 Å². The van der Waals surface area contributed by atoms with Crippen LogP contribution in [-0.4, -0.2) is 38.8 Å². The highest BCUT2D eigenvalue weighted by Crippen LogP contribution is 2.20. The predicted molar refractivity (Wildman–Crippen MR) is 114 cm³/mol. The van der Waals surface area contributed by atoms with Gasteiger partial charge in [0.1, 0.15) is 5.75 Å². The number of nitrogens with one attached hydrogen (secondary N) is 1. The second-order valence-corrected chi connectivity index (χ2v) is 8.83. The zero-order valence-electron chi connectivity index (χ0n) is 17.3. The molecule has 156 valence electrons. The number of methoxy groups -OCH3 is 1. The summed E-state index contributed by atoms with van der Waals surface area (Å²) >= 11 is 0. The molecule has 0 aliphatic rings. The summed E-state index contributed by atoms with van der Waals surface area (Å²) in [4.78, 5) is 12.7. The third-order valence-corrected chi connectivity index (χ3v) is 6.58. The Bertz CT molecular complexity index is 969. The van der Waals surface area contributed by atoms with E-state index in [1.807, 2.05) is 39.0 Å². The molecule has 2 aromatic rings. The number of rotatable bonds is 9. The molecular formula is C22H28N2O4S. The fraction of sp³-hybridized carbons (Fsp3) is 0.318. The Morgan fingerprint density at radius 1 is 1.17 bits per heavy atom. The Morgan fingerprint density at radius 2 is 1.83 bits per heavy atom. The van der Waals surface area contributed by atoms with E-state index in [0.717, 1.165) is 15.4 Å². The smallest absolute Gasteiger partial charge is 0.243 e. The first-order valence-electron chi connectivity index (χ1n) is 9.30. The summed E-state index contributed by atoms with van der Waals surface area (Å²) in [5, 5.41) is 2.87. The fourth-order valence-corrected chi connectivity index (χ4v) is 4.22. The summed E-state index contributed by atoms with van der Waals surface area (Å²) < 4.78 is 32.1. The van der Waals surface area contributed by atoms with Gasteiger partial charge in [-0.25, -0.2) is 8.42 Å². The van der Waals surface area contributed by atoms with Crippen molar-refractivity contribution in [2.45, 2.75) is 31.7 Å². The Hall–Kier alpha value is -2.64. The number of aryl methyl sites for hydroxylation is 2. The highest BCUT2D eigenvalue weighted by molar-refractivity contribution is 7.89. The van der Waals surface area contributed by atoms with E-state index in [-0.39, 0.29) is 29.9 Å². The van der Waals surface area contributed by atoms with E-state index < -0.39 is 10.0 Å². The molecule has 7 heteroatoms. The third kappa shape index (κ3) is 5.68. The molecule has 0 aliphatic heterocycles. The zero-order chi connectivity index (χ0) is 21.6. The lowest BCUT2D eigenvalue weighted by Crippen LogP contribution is -2.41. The van der Waals surface area contributed by atoms with Crippen molar-refractivity contribution in [3.63, 3.8) is 0 Å². The van der Waals surface area contributed by atoms with Gasteiger partial charge in [-0.3, -0.25) is 4.79 Å². The molecular weight excluding hydrogens is 388 g/mol. The Labute approximate surface area is 173 Å². The van der Waals surface area contributed by atoms with Gasteiger partial charge in [0.2, 0.25) is 15.9 Å². The second-order valence-electron chi connectivity index (χ2n) is 6.89. The van der Waals surface area contributed by atoms with Gasteiger partial charge < -0.3 is 10.1 Å². The van der Waals surface area contributed by atoms with Gasteiger partial charge in [-0.05, 0) is 61.7 Å². The quantitative estimate of drug-likeness (QED) is 0.636. The minimum absolute atomic E-state index is 0.0276. The monoisotopic (exact) mass is 416 g/mol. The van der Waals surface area contributed by atoms with Gasteiger partial charge >= 0.3 is 0 Å². The first kappa shape index (κ1) is 22.6. The maximum atomic E-state index is 13.0.